The molecule has 2 amide bonds. The van der Waals surface area contributed by atoms with Crippen LogP contribution in [-0.4, -0.2) is 35.5 Å². The van der Waals surface area contributed by atoms with E-state index in [0.29, 0.717) is 6.54 Å². The van der Waals surface area contributed by atoms with Crippen molar-refractivity contribution in [3.05, 3.63) is 35.9 Å². The summed E-state index contributed by atoms with van der Waals surface area (Å²) < 4.78 is 0. The van der Waals surface area contributed by atoms with Crippen LogP contribution < -0.4 is 5.32 Å². The van der Waals surface area contributed by atoms with Crippen molar-refractivity contribution in [2.24, 2.45) is 0 Å². The van der Waals surface area contributed by atoms with Crippen LogP contribution in [0.1, 0.15) is 5.56 Å². The molecule has 1 fully saturated rings. The Hall–Kier alpha value is -1.16. The van der Waals surface area contributed by atoms with Crippen molar-refractivity contribution in [3.8, 4) is 0 Å². The molecule has 2 rings (SSSR count). The number of nitrogens with zero attached hydrogens (tertiary/aromatic N) is 1. The second-order valence-corrected chi connectivity index (χ2v) is 4.97. The summed E-state index contributed by atoms with van der Waals surface area (Å²) in [4.78, 5) is 13.7. The lowest BCUT2D eigenvalue weighted by atomic mass is 10.2. The highest BCUT2D eigenvalue weighted by atomic mass is 32.2. The van der Waals surface area contributed by atoms with Gasteiger partial charge in [0.15, 0.2) is 0 Å². The van der Waals surface area contributed by atoms with Crippen molar-refractivity contribution >= 4 is 17.8 Å². The molecule has 1 aliphatic heterocycles. The molecular weight excluding hydrogens is 220 g/mol. The number of rotatable bonds is 2. The van der Waals surface area contributed by atoms with E-state index in [1.165, 1.54) is 0 Å². The monoisotopic (exact) mass is 236 g/mol. The number of urea groups is 1. The lowest BCUT2D eigenvalue weighted by molar-refractivity contribution is 0.202. The van der Waals surface area contributed by atoms with E-state index in [4.69, 9.17) is 0 Å². The highest BCUT2D eigenvalue weighted by Gasteiger charge is 2.15. The summed E-state index contributed by atoms with van der Waals surface area (Å²) in [6, 6.07) is 10.0. The number of carbonyl (C=O) groups is 1. The van der Waals surface area contributed by atoms with Gasteiger partial charge in [-0.1, -0.05) is 30.3 Å². The summed E-state index contributed by atoms with van der Waals surface area (Å²) in [6.07, 6.45) is 0. The first-order valence-electron chi connectivity index (χ1n) is 5.51. The minimum atomic E-state index is 0.0594. The van der Waals surface area contributed by atoms with Crippen LogP contribution in [0.2, 0.25) is 0 Å². The van der Waals surface area contributed by atoms with Crippen LogP contribution in [0.3, 0.4) is 0 Å². The van der Waals surface area contributed by atoms with Gasteiger partial charge in [-0.15, -0.1) is 0 Å². The summed E-state index contributed by atoms with van der Waals surface area (Å²) in [5.74, 6) is 2.11. The molecular formula is C12H16N2OS. The second kappa shape index (κ2) is 5.80. The summed E-state index contributed by atoms with van der Waals surface area (Å²) >= 11 is 1.91. The zero-order chi connectivity index (χ0) is 11.2. The van der Waals surface area contributed by atoms with Gasteiger partial charge in [0.05, 0.1) is 0 Å². The maximum Gasteiger partial charge on any atom is 0.317 e. The van der Waals surface area contributed by atoms with Gasteiger partial charge in [-0.2, -0.15) is 11.8 Å². The first-order valence-corrected chi connectivity index (χ1v) is 6.66. The molecule has 1 aromatic rings. The lowest BCUT2D eigenvalue weighted by Gasteiger charge is -2.26. The minimum Gasteiger partial charge on any atom is -0.334 e. The molecule has 0 aliphatic carbocycles. The van der Waals surface area contributed by atoms with Crippen molar-refractivity contribution in [2.45, 2.75) is 6.54 Å². The first kappa shape index (κ1) is 11.3. The average molecular weight is 236 g/mol. The maximum atomic E-state index is 11.8. The molecule has 0 bridgehead atoms. The summed E-state index contributed by atoms with van der Waals surface area (Å²) in [5, 5.41) is 2.95. The minimum absolute atomic E-state index is 0.0594. The molecule has 1 N–H and O–H groups in total. The van der Waals surface area contributed by atoms with Crippen LogP contribution in [-0.2, 0) is 6.54 Å². The van der Waals surface area contributed by atoms with Crippen LogP contribution in [0.15, 0.2) is 30.3 Å². The Balaban J connectivity index is 1.79. The molecule has 1 saturated heterocycles. The largest absolute Gasteiger partial charge is 0.334 e. The number of benzene rings is 1. The lowest BCUT2D eigenvalue weighted by Crippen LogP contribution is -2.44. The maximum absolute atomic E-state index is 11.8. The Labute approximate surface area is 100 Å². The Bertz CT molecular complexity index is 336. The van der Waals surface area contributed by atoms with Crippen LogP contribution in [0.5, 0.6) is 0 Å². The molecule has 0 atom stereocenters. The fraction of sp³-hybridized carbons (Fsp3) is 0.417. The number of hydrogen-bond acceptors (Lipinski definition) is 2. The summed E-state index contributed by atoms with van der Waals surface area (Å²) in [5.41, 5.74) is 1.14. The standard InChI is InChI=1S/C12H16N2OS/c15-12(14-6-8-16-9-7-14)13-10-11-4-2-1-3-5-11/h1-5H,6-10H2,(H,13,15). The van der Waals surface area contributed by atoms with Crippen LogP contribution in [0.4, 0.5) is 4.79 Å². The van der Waals surface area contributed by atoms with E-state index < -0.39 is 0 Å². The average Bonchev–Trinajstić information content (AvgIpc) is 2.38. The molecule has 16 heavy (non-hydrogen) atoms. The Morgan fingerprint density at radius 3 is 2.62 bits per heavy atom. The SMILES string of the molecule is O=C(NCc1ccccc1)N1CCSCC1. The number of thioether (sulfide) groups is 1. The number of hydrogen-bond donors (Lipinski definition) is 1. The smallest absolute Gasteiger partial charge is 0.317 e. The van der Waals surface area contributed by atoms with Crippen molar-refractivity contribution in [3.63, 3.8) is 0 Å². The van der Waals surface area contributed by atoms with Crippen LogP contribution >= 0.6 is 11.8 Å². The van der Waals surface area contributed by atoms with Crippen LogP contribution in [0.25, 0.3) is 0 Å². The number of carbonyl (C=O) groups excluding carboxylic acids is 1. The quantitative estimate of drug-likeness (QED) is 0.851. The van der Waals surface area contributed by atoms with E-state index in [1.807, 2.05) is 47.0 Å². The molecule has 0 spiro atoms. The zero-order valence-electron chi connectivity index (χ0n) is 9.19. The van der Waals surface area contributed by atoms with Gasteiger partial charge in [-0.05, 0) is 5.56 Å². The summed E-state index contributed by atoms with van der Waals surface area (Å²) in [6.45, 7) is 2.35. The topological polar surface area (TPSA) is 32.3 Å². The van der Waals surface area contributed by atoms with E-state index in [-0.39, 0.29) is 6.03 Å². The predicted molar refractivity (Wildman–Crippen MR) is 67.6 cm³/mol. The van der Waals surface area contributed by atoms with Crippen LogP contribution in [0, 0.1) is 0 Å². The fourth-order valence-corrected chi connectivity index (χ4v) is 2.55. The molecule has 3 nitrogen and oxygen atoms in total. The van der Waals surface area contributed by atoms with Crippen molar-refractivity contribution in [1.82, 2.24) is 10.2 Å². The first-order chi connectivity index (χ1) is 7.86. The van der Waals surface area contributed by atoms with E-state index in [0.717, 1.165) is 30.2 Å². The highest BCUT2D eigenvalue weighted by molar-refractivity contribution is 7.99. The Morgan fingerprint density at radius 2 is 1.94 bits per heavy atom. The molecule has 1 heterocycles. The number of nitrogens with one attached hydrogen (secondary N) is 1. The molecule has 0 unspecified atom stereocenters. The van der Waals surface area contributed by atoms with Gasteiger partial charge in [-0.3, -0.25) is 0 Å². The van der Waals surface area contributed by atoms with E-state index in [2.05, 4.69) is 5.32 Å². The van der Waals surface area contributed by atoms with Gasteiger partial charge < -0.3 is 10.2 Å². The molecule has 86 valence electrons. The third kappa shape index (κ3) is 3.17. The summed E-state index contributed by atoms with van der Waals surface area (Å²) in [7, 11) is 0. The molecule has 0 saturated carbocycles. The Morgan fingerprint density at radius 1 is 1.25 bits per heavy atom. The van der Waals surface area contributed by atoms with E-state index in [1.54, 1.807) is 0 Å². The second-order valence-electron chi connectivity index (χ2n) is 3.74. The molecule has 0 radical (unpaired) electrons. The van der Waals surface area contributed by atoms with Crippen molar-refractivity contribution in [2.75, 3.05) is 24.6 Å². The zero-order valence-corrected chi connectivity index (χ0v) is 10.0. The van der Waals surface area contributed by atoms with E-state index in [9.17, 15) is 4.79 Å². The molecule has 4 heteroatoms. The third-order valence-corrected chi connectivity index (χ3v) is 3.53. The third-order valence-electron chi connectivity index (χ3n) is 2.58. The van der Waals surface area contributed by atoms with Gasteiger partial charge in [0.25, 0.3) is 0 Å². The van der Waals surface area contributed by atoms with Gasteiger partial charge >= 0.3 is 6.03 Å². The number of amides is 2. The van der Waals surface area contributed by atoms with Gasteiger partial charge in [0.2, 0.25) is 0 Å². The van der Waals surface area contributed by atoms with E-state index >= 15 is 0 Å². The van der Waals surface area contributed by atoms with Gasteiger partial charge in [0, 0.05) is 31.1 Å². The van der Waals surface area contributed by atoms with Crippen molar-refractivity contribution in [1.29, 1.82) is 0 Å². The van der Waals surface area contributed by atoms with Crippen molar-refractivity contribution < 1.29 is 4.79 Å². The van der Waals surface area contributed by atoms with Gasteiger partial charge in [-0.25, -0.2) is 4.79 Å². The molecule has 0 aromatic heterocycles. The fourth-order valence-electron chi connectivity index (χ4n) is 1.65. The molecule has 1 aromatic carbocycles. The normalized spacial score (nSPS) is 15.9. The molecule has 1 aliphatic rings. The van der Waals surface area contributed by atoms with Gasteiger partial charge in [0.1, 0.15) is 0 Å². The highest BCUT2D eigenvalue weighted by Crippen LogP contribution is 2.09. The Kier molecular flexibility index (Phi) is 4.10. The predicted octanol–water partition coefficient (Wildman–Crippen LogP) is 1.95.